The summed E-state index contributed by atoms with van der Waals surface area (Å²) in [4.78, 5) is 14.7. The van der Waals surface area contributed by atoms with Crippen molar-refractivity contribution in [2.45, 2.75) is 70.5 Å². The van der Waals surface area contributed by atoms with Gasteiger partial charge in [0, 0.05) is 19.1 Å². The van der Waals surface area contributed by atoms with Crippen LogP contribution in [0, 0.1) is 0 Å². The molecule has 170 valence electrons. The third-order valence-corrected chi connectivity index (χ3v) is 6.57. The van der Waals surface area contributed by atoms with Crippen molar-refractivity contribution in [3.63, 3.8) is 0 Å². The van der Waals surface area contributed by atoms with Gasteiger partial charge in [-0.1, -0.05) is 49.3 Å². The van der Waals surface area contributed by atoms with Gasteiger partial charge in [-0.15, -0.1) is 10.2 Å². The van der Waals surface area contributed by atoms with E-state index in [1.807, 2.05) is 36.9 Å². The van der Waals surface area contributed by atoms with Gasteiger partial charge in [0.1, 0.15) is 12.4 Å². The lowest BCUT2D eigenvalue weighted by Crippen LogP contribution is -2.48. The van der Waals surface area contributed by atoms with E-state index in [1.165, 1.54) is 11.8 Å². The Morgan fingerprint density at radius 3 is 2.55 bits per heavy atom. The number of hydrogen-bond donors (Lipinski definition) is 0. The summed E-state index contributed by atoms with van der Waals surface area (Å²) in [6, 6.07) is 7.61. The summed E-state index contributed by atoms with van der Waals surface area (Å²) in [7, 11) is 0. The van der Waals surface area contributed by atoms with E-state index in [4.69, 9.17) is 21.1 Å². The maximum absolute atomic E-state index is 12.8. The molecule has 0 spiro atoms. The first-order valence-corrected chi connectivity index (χ1v) is 12.2. The first kappa shape index (κ1) is 23.9. The minimum Gasteiger partial charge on any atom is -0.484 e. The van der Waals surface area contributed by atoms with E-state index in [-0.39, 0.29) is 30.8 Å². The SMILES string of the molecule is CCC(CC)n1c(COc2ccccc2Cl)nnc1SCC(=O)N1CC(C)OC(C)C1. The van der Waals surface area contributed by atoms with Gasteiger partial charge in [-0.3, -0.25) is 4.79 Å². The summed E-state index contributed by atoms with van der Waals surface area (Å²) >= 11 is 7.64. The number of carbonyl (C=O) groups is 1. The number of amides is 1. The molecular formula is C22H31ClN4O3S. The van der Waals surface area contributed by atoms with Gasteiger partial charge in [-0.25, -0.2) is 0 Å². The number of carbonyl (C=O) groups excluding carboxylic acids is 1. The number of halogens is 1. The molecule has 0 saturated carbocycles. The summed E-state index contributed by atoms with van der Waals surface area (Å²) in [6.45, 7) is 9.79. The second-order valence-corrected chi connectivity index (χ2v) is 9.15. The molecule has 2 heterocycles. The smallest absolute Gasteiger partial charge is 0.233 e. The Kier molecular flexibility index (Phi) is 8.63. The van der Waals surface area contributed by atoms with Crippen molar-refractivity contribution in [1.82, 2.24) is 19.7 Å². The van der Waals surface area contributed by atoms with Crippen molar-refractivity contribution in [2.24, 2.45) is 0 Å². The number of morpholine rings is 1. The standard InChI is InChI=1S/C22H31ClN4O3S/c1-5-17(6-2)27-20(13-29-19-10-8-7-9-18(19)23)24-25-22(27)31-14-21(28)26-11-15(3)30-16(4)12-26/h7-10,15-17H,5-6,11-14H2,1-4H3. The molecule has 2 unspecified atom stereocenters. The molecule has 0 aliphatic carbocycles. The van der Waals surface area contributed by atoms with Crippen molar-refractivity contribution in [3.8, 4) is 5.75 Å². The molecule has 31 heavy (non-hydrogen) atoms. The molecule has 7 nitrogen and oxygen atoms in total. The van der Waals surface area contributed by atoms with Gasteiger partial charge in [0.15, 0.2) is 11.0 Å². The minimum absolute atomic E-state index is 0.0551. The van der Waals surface area contributed by atoms with E-state index in [0.29, 0.717) is 29.6 Å². The summed E-state index contributed by atoms with van der Waals surface area (Å²) in [5.41, 5.74) is 0. The molecule has 0 radical (unpaired) electrons. The molecule has 0 N–H and O–H groups in total. The lowest BCUT2D eigenvalue weighted by molar-refractivity contribution is -0.140. The van der Waals surface area contributed by atoms with Gasteiger partial charge >= 0.3 is 0 Å². The highest BCUT2D eigenvalue weighted by atomic mass is 35.5. The first-order valence-electron chi connectivity index (χ1n) is 10.8. The van der Waals surface area contributed by atoms with Gasteiger partial charge < -0.3 is 18.9 Å². The fourth-order valence-electron chi connectivity index (χ4n) is 3.83. The number of thioether (sulfide) groups is 1. The maximum Gasteiger partial charge on any atom is 0.233 e. The molecule has 1 aromatic carbocycles. The van der Waals surface area contributed by atoms with Crippen LogP contribution in [0.4, 0.5) is 0 Å². The molecule has 1 amide bonds. The van der Waals surface area contributed by atoms with E-state index in [2.05, 4.69) is 28.6 Å². The zero-order valence-electron chi connectivity index (χ0n) is 18.6. The molecule has 1 fully saturated rings. The van der Waals surface area contributed by atoms with Crippen LogP contribution in [0.25, 0.3) is 0 Å². The average molecular weight is 467 g/mol. The lowest BCUT2D eigenvalue weighted by Gasteiger charge is -2.35. The fourth-order valence-corrected chi connectivity index (χ4v) is 4.95. The van der Waals surface area contributed by atoms with E-state index in [9.17, 15) is 4.79 Å². The van der Waals surface area contributed by atoms with Gasteiger partial charge in [0.25, 0.3) is 0 Å². The Morgan fingerprint density at radius 2 is 1.90 bits per heavy atom. The van der Waals surface area contributed by atoms with Crippen LogP contribution >= 0.6 is 23.4 Å². The molecule has 2 atom stereocenters. The van der Waals surface area contributed by atoms with Crippen LogP contribution in [0.2, 0.25) is 5.02 Å². The van der Waals surface area contributed by atoms with Crippen molar-refractivity contribution in [1.29, 1.82) is 0 Å². The zero-order chi connectivity index (χ0) is 22.4. The first-order chi connectivity index (χ1) is 14.9. The summed E-state index contributed by atoms with van der Waals surface area (Å²) in [5.74, 6) is 1.77. The van der Waals surface area contributed by atoms with Crippen molar-refractivity contribution >= 4 is 29.3 Å². The maximum atomic E-state index is 12.8. The number of aromatic nitrogens is 3. The second kappa shape index (κ2) is 11.2. The third kappa shape index (κ3) is 6.14. The average Bonchev–Trinajstić information content (AvgIpc) is 3.14. The van der Waals surface area contributed by atoms with Gasteiger partial charge in [-0.2, -0.15) is 0 Å². The molecule has 9 heteroatoms. The van der Waals surface area contributed by atoms with Crippen molar-refractivity contribution < 1.29 is 14.3 Å². The van der Waals surface area contributed by atoms with Crippen LogP contribution in [-0.4, -0.2) is 56.6 Å². The molecule has 1 aliphatic rings. The van der Waals surface area contributed by atoms with Crippen molar-refractivity contribution in [3.05, 3.63) is 35.1 Å². The number of hydrogen-bond acceptors (Lipinski definition) is 6. The van der Waals surface area contributed by atoms with Crippen LogP contribution < -0.4 is 4.74 Å². The quantitative estimate of drug-likeness (QED) is 0.503. The van der Waals surface area contributed by atoms with Crippen LogP contribution in [0.1, 0.15) is 52.4 Å². The Bertz CT molecular complexity index is 864. The highest BCUT2D eigenvalue weighted by molar-refractivity contribution is 7.99. The number of benzene rings is 1. The largest absolute Gasteiger partial charge is 0.484 e. The topological polar surface area (TPSA) is 69.5 Å². The van der Waals surface area contributed by atoms with Gasteiger partial charge in [-0.05, 0) is 38.8 Å². The number of para-hydroxylation sites is 1. The molecule has 1 aromatic heterocycles. The summed E-state index contributed by atoms with van der Waals surface area (Å²) in [6.07, 6.45) is 1.99. The molecule has 3 rings (SSSR count). The Morgan fingerprint density at radius 1 is 1.23 bits per heavy atom. The molecule has 2 aromatic rings. The summed E-state index contributed by atoms with van der Waals surface area (Å²) < 4.78 is 13.8. The van der Waals surface area contributed by atoms with Crippen LogP contribution in [0.3, 0.4) is 0 Å². The van der Waals surface area contributed by atoms with Crippen molar-refractivity contribution in [2.75, 3.05) is 18.8 Å². The Labute approximate surface area is 193 Å². The molecule has 0 bridgehead atoms. The van der Waals surface area contributed by atoms with E-state index in [1.54, 1.807) is 6.07 Å². The lowest BCUT2D eigenvalue weighted by atomic mass is 10.2. The molecule has 1 aliphatic heterocycles. The van der Waals surface area contributed by atoms with E-state index < -0.39 is 0 Å². The monoisotopic (exact) mass is 466 g/mol. The zero-order valence-corrected chi connectivity index (χ0v) is 20.2. The number of nitrogens with zero attached hydrogens (tertiary/aromatic N) is 4. The highest BCUT2D eigenvalue weighted by Gasteiger charge is 2.27. The Hall–Kier alpha value is -1.77. The van der Waals surface area contributed by atoms with E-state index >= 15 is 0 Å². The van der Waals surface area contributed by atoms with Gasteiger partial charge in [0.2, 0.25) is 5.91 Å². The molecule has 1 saturated heterocycles. The number of ether oxygens (including phenoxy) is 2. The predicted octanol–water partition coefficient (Wildman–Crippen LogP) is 4.60. The van der Waals surface area contributed by atoms with Crippen LogP contribution in [-0.2, 0) is 16.1 Å². The van der Waals surface area contributed by atoms with Gasteiger partial charge in [0.05, 0.1) is 23.0 Å². The Balaban J connectivity index is 1.71. The fraction of sp³-hybridized carbons (Fsp3) is 0.591. The molecular weight excluding hydrogens is 436 g/mol. The van der Waals surface area contributed by atoms with Crippen LogP contribution in [0.15, 0.2) is 29.4 Å². The number of rotatable bonds is 9. The predicted molar refractivity (Wildman–Crippen MR) is 123 cm³/mol. The third-order valence-electron chi connectivity index (χ3n) is 5.33. The summed E-state index contributed by atoms with van der Waals surface area (Å²) in [5, 5.41) is 10.1. The van der Waals surface area contributed by atoms with E-state index in [0.717, 1.165) is 23.8 Å². The normalized spacial score (nSPS) is 19.1. The minimum atomic E-state index is 0.0551. The second-order valence-electron chi connectivity index (χ2n) is 7.80. The highest BCUT2D eigenvalue weighted by Crippen LogP contribution is 2.28. The van der Waals surface area contributed by atoms with Crippen LogP contribution in [0.5, 0.6) is 5.75 Å².